The number of hydrogen-bond acceptors (Lipinski definition) is 4. The number of aliphatic hydroxyl groups is 2. The van der Waals surface area contributed by atoms with Crippen LogP contribution >= 0.6 is 0 Å². The highest BCUT2D eigenvalue weighted by molar-refractivity contribution is 5.38. The van der Waals surface area contributed by atoms with Crippen LogP contribution in [0.3, 0.4) is 0 Å². The second-order valence-electron chi connectivity index (χ2n) is 4.01. The summed E-state index contributed by atoms with van der Waals surface area (Å²) >= 11 is 0. The highest BCUT2D eigenvalue weighted by Crippen LogP contribution is 2.23. The third-order valence-corrected chi connectivity index (χ3v) is 2.66. The van der Waals surface area contributed by atoms with Gasteiger partial charge in [-0.1, -0.05) is 12.1 Å². The lowest BCUT2D eigenvalue weighted by Gasteiger charge is -2.09. The fraction of sp³-hybridized carbons (Fsp3) is 0.133. The molecule has 2 aromatic rings. The van der Waals surface area contributed by atoms with E-state index in [1.165, 1.54) is 0 Å². The molecule has 0 radical (unpaired) electrons. The van der Waals surface area contributed by atoms with Crippen molar-refractivity contribution < 1.29 is 14.9 Å². The van der Waals surface area contributed by atoms with Gasteiger partial charge in [-0.05, 0) is 42.0 Å². The lowest BCUT2D eigenvalue weighted by molar-refractivity contribution is 0.0956. The third-order valence-electron chi connectivity index (χ3n) is 2.66. The standard InChI is InChI=1S/C15H13NO3/c16-9-11-1-5-13(6-2-11)19-14-7-3-12(4-8-14)15(18)10-17/h1-8,15,17-18H,10H2/t15-/m1/s1. The minimum Gasteiger partial charge on any atom is -0.457 e. The summed E-state index contributed by atoms with van der Waals surface area (Å²) in [7, 11) is 0. The maximum absolute atomic E-state index is 9.45. The van der Waals surface area contributed by atoms with Crippen molar-refractivity contribution in [3.8, 4) is 17.6 Å². The third kappa shape index (κ3) is 3.32. The number of aliphatic hydroxyl groups excluding tert-OH is 2. The molecule has 4 nitrogen and oxygen atoms in total. The van der Waals surface area contributed by atoms with E-state index >= 15 is 0 Å². The van der Waals surface area contributed by atoms with E-state index in [-0.39, 0.29) is 6.61 Å². The summed E-state index contributed by atoms with van der Waals surface area (Å²) in [5, 5.41) is 27.0. The van der Waals surface area contributed by atoms with Gasteiger partial charge in [0.1, 0.15) is 17.6 Å². The van der Waals surface area contributed by atoms with E-state index in [1.807, 2.05) is 6.07 Å². The van der Waals surface area contributed by atoms with Gasteiger partial charge in [-0.2, -0.15) is 5.26 Å². The van der Waals surface area contributed by atoms with Crippen molar-refractivity contribution in [3.05, 3.63) is 59.7 Å². The Kier molecular flexibility index (Phi) is 4.14. The van der Waals surface area contributed by atoms with E-state index < -0.39 is 6.10 Å². The van der Waals surface area contributed by atoms with Crippen LogP contribution in [0.25, 0.3) is 0 Å². The van der Waals surface area contributed by atoms with Crippen molar-refractivity contribution in [1.29, 1.82) is 5.26 Å². The van der Waals surface area contributed by atoms with Crippen LogP contribution in [0.4, 0.5) is 0 Å². The second-order valence-corrected chi connectivity index (χ2v) is 4.01. The van der Waals surface area contributed by atoms with Crippen molar-refractivity contribution in [2.75, 3.05) is 6.61 Å². The molecular formula is C15H13NO3. The van der Waals surface area contributed by atoms with Crippen molar-refractivity contribution >= 4 is 0 Å². The second kappa shape index (κ2) is 6.01. The number of nitrogens with zero attached hydrogens (tertiary/aromatic N) is 1. The van der Waals surface area contributed by atoms with Gasteiger partial charge >= 0.3 is 0 Å². The van der Waals surface area contributed by atoms with Crippen LogP contribution in [0, 0.1) is 11.3 Å². The molecule has 19 heavy (non-hydrogen) atoms. The number of rotatable bonds is 4. The molecule has 0 aromatic heterocycles. The van der Waals surface area contributed by atoms with Crippen LogP contribution in [0.5, 0.6) is 11.5 Å². The molecule has 0 aliphatic carbocycles. The monoisotopic (exact) mass is 255 g/mol. The molecule has 0 aliphatic rings. The first-order chi connectivity index (χ1) is 9.22. The summed E-state index contributed by atoms with van der Waals surface area (Å²) < 4.78 is 5.59. The molecule has 96 valence electrons. The first kappa shape index (κ1) is 13.1. The van der Waals surface area contributed by atoms with Crippen LogP contribution in [0.15, 0.2) is 48.5 Å². The van der Waals surface area contributed by atoms with Crippen LogP contribution in [-0.2, 0) is 0 Å². The van der Waals surface area contributed by atoms with Crippen LogP contribution < -0.4 is 4.74 Å². The van der Waals surface area contributed by atoms with Gasteiger partial charge < -0.3 is 14.9 Å². The first-order valence-electron chi connectivity index (χ1n) is 5.80. The summed E-state index contributed by atoms with van der Waals surface area (Å²) in [4.78, 5) is 0. The molecule has 0 spiro atoms. The summed E-state index contributed by atoms with van der Waals surface area (Å²) in [6.07, 6.45) is -0.871. The van der Waals surface area contributed by atoms with Gasteiger partial charge in [0.05, 0.1) is 18.2 Å². The fourth-order valence-electron chi connectivity index (χ4n) is 1.60. The summed E-state index contributed by atoms with van der Waals surface area (Å²) in [6, 6.07) is 15.6. The molecule has 0 bridgehead atoms. The Morgan fingerprint density at radius 3 is 2.00 bits per heavy atom. The predicted molar refractivity (Wildman–Crippen MR) is 69.7 cm³/mol. The molecule has 1 atom stereocenters. The Hall–Kier alpha value is -2.35. The van der Waals surface area contributed by atoms with Crippen molar-refractivity contribution in [1.82, 2.24) is 0 Å². The van der Waals surface area contributed by atoms with Gasteiger partial charge in [-0.25, -0.2) is 0 Å². The minimum atomic E-state index is -0.871. The maximum atomic E-state index is 9.45. The van der Waals surface area contributed by atoms with E-state index in [0.29, 0.717) is 22.6 Å². The highest BCUT2D eigenvalue weighted by Gasteiger charge is 2.05. The van der Waals surface area contributed by atoms with E-state index in [2.05, 4.69) is 0 Å². The summed E-state index contributed by atoms with van der Waals surface area (Å²) in [5.41, 5.74) is 1.21. The largest absolute Gasteiger partial charge is 0.457 e. The Morgan fingerprint density at radius 1 is 1.00 bits per heavy atom. The van der Waals surface area contributed by atoms with Crippen LogP contribution in [-0.4, -0.2) is 16.8 Å². The van der Waals surface area contributed by atoms with Gasteiger partial charge in [0.2, 0.25) is 0 Å². The Labute approximate surface area is 111 Å². The fourth-order valence-corrected chi connectivity index (χ4v) is 1.60. The molecule has 0 saturated carbocycles. The first-order valence-corrected chi connectivity index (χ1v) is 5.80. The maximum Gasteiger partial charge on any atom is 0.127 e. The van der Waals surface area contributed by atoms with Crippen LogP contribution in [0.1, 0.15) is 17.2 Å². The van der Waals surface area contributed by atoms with Crippen LogP contribution in [0.2, 0.25) is 0 Å². The Bertz CT molecular complexity index is 570. The Morgan fingerprint density at radius 2 is 1.53 bits per heavy atom. The van der Waals surface area contributed by atoms with Crippen molar-refractivity contribution in [3.63, 3.8) is 0 Å². The van der Waals surface area contributed by atoms with Crippen molar-refractivity contribution in [2.45, 2.75) is 6.10 Å². The number of benzene rings is 2. The summed E-state index contributed by atoms with van der Waals surface area (Å²) in [6.45, 7) is -0.310. The molecule has 0 aliphatic heterocycles. The van der Waals surface area contributed by atoms with E-state index in [1.54, 1.807) is 48.5 Å². The van der Waals surface area contributed by atoms with E-state index in [4.69, 9.17) is 15.1 Å². The number of ether oxygens (including phenoxy) is 1. The quantitative estimate of drug-likeness (QED) is 0.879. The zero-order chi connectivity index (χ0) is 13.7. The van der Waals surface area contributed by atoms with Gasteiger partial charge in [0, 0.05) is 0 Å². The van der Waals surface area contributed by atoms with Gasteiger partial charge in [0.15, 0.2) is 0 Å². The number of nitriles is 1. The lowest BCUT2D eigenvalue weighted by atomic mass is 10.1. The van der Waals surface area contributed by atoms with E-state index in [9.17, 15) is 5.11 Å². The number of hydrogen-bond donors (Lipinski definition) is 2. The molecule has 0 fully saturated rings. The SMILES string of the molecule is N#Cc1ccc(Oc2ccc([C@H](O)CO)cc2)cc1. The highest BCUT2D eigenvalue weighted by atomic mass is 16.5. The molecule has 0 heterocycles. The lowest BCUT2D eigenvalue weighted by Crippen LogP contribution is -2.01. The molecule has 0 amide bonds. The zero-order valence-corrected chi connectivity index (χ0v) is 10.2. The van der Waals surface area contributed by atoms with E-state index in [0.717, 1.165) is 0 Å². The predicted octanol–water partition coefficient (Wildman–Crippen LogP) is 2.38. The molecule has 2 N–H and O–H groups in total. The Balaban J connectivity index is 2.08. The molecule has 0 saturated heterocycles. The van der Waals surface area contributed by atoms with Gasteiger partial charge in [-0.15, -0.1) is 0 Å². The molecule has 2 rings (SSSR count). The average molecular weight is 255 g/mol. The minimum absolute atomic E-state index is 0.310. The summed E-state index contributed by atoms with van der Waals surface area (Å²) in [5.74, 6) is 1.26. The topological polar surface area (TPSA) is 73.5 Å². The smallest absolute Gasteiger partial charge is 0.127 e. The average Bonchev–Trinajstić information content (AvgIpc) is 2.48. The van der Waals surface area contributed by atoms with Crippen molar-refractivity contribution in [2.24, 2.45) is 0 Å². The molecular weight excluding hydrogens is 242 g/mol. The zero-order valence-electron chi connectivity index (χ0n) is 10.2. The normalized spacial score (nSPS) is 11.6. The molecule has 2 aromatic carbocycles. The van der Waals surface area contributed by atoms with Gasteiger partial charge in [-0.3, -0.25) is 0 Å². The molecule has 4 heteroatoms. The van der Waals surface area contributed by atoms with Gasteiger partial charge in [0.25, 0.3) is 0 Å². The molecule has 0 unspecified atom stereocenters.